The van der Waals surface area contributed by atoms with Crippen molar-refractivity contribution < 1.29 is 0 Å². The lowest BCUT2D eigenvalue weighted by molar-refractivity contribution is 0.651. The molecule has 1 aromatic heterocycles. The number of nitriles is 1. The predicted octanol–water partition coefficient (Wildman–Crippen LogP) is 3.41. The average molecular weight is 280 g/mol. The Kier molecular flexibility index (Phi) is 5.30. The van der Waals surface area contributed by atoms with Crippen LogP contribution in [0.4, 0.5) is 11.5 Å². The molecule has 21 heavy (non-hydrogen) atoms. The van der Waals surface area contributed by atoms with Gasteiger partial charge in [0.1, 0.15) is 5.82 Å². The number of hydrogen-bond acceptors (Lipinski definition) is 4. The Bertz CT molecular complexity index is 604. The summed E-state index contributed by atoms with van der Waals surface area (Å²) in [6.07, 6.45) is 2.28. The largest absolute Gasteiger partial charge is 0.325 e. The molecule has 0 aliphatic heterocycles. The van der Waals surface area contributed by atoms with Crippen molar-refractivity contribution in [2.75, 3.05) is 18.5 Å². The van der Waals surface area contributed by atoms with Crippen molar-refractivity contribution in [1.82, 2.24) is 10.3 Å². The first-order valence-corrected chi connectivity index (χ1v) is 7.09. The van der Waals surface area contributed by atoms with Gasteiger partial charge in [-0.15, -0.1) is 0 Å². The lowest BCUT2D eigenvalue weighted by atomic mass is 10.1. The van der Waals surface area contributed by atoms with Gasteiger partial charge in [-0.25, -0.2) is 4.98 Å². The van der Waals surface area contributed by atoms with Gasteiger partial charge >= 0.3 is 0 Å². The van der Waals surface area contributed by atoms with Crippen LogP contribution in [-0.4, -0.2) is 18.6 Å². The molecule has 1 aromatic carbocycles. The summed E-state index contributed by atoms with van der Waals surface area (Å²) in [5.41, 5.74) is 2.23. The fourth-order valence-electron chi connectivity index (χ4n) is 2.16. The summed E-state index contributed by atoms with van der Waals surface area (Å²) in [6, 6.07) is 16.6. The molecule has 1 heterocycles. The van der Waals surface area contributed by atoms with E-state index in [0.29, 0.717) is 13.0 Å². The Morgan fingerprint density at radius 2 is 2.05 bits per heavy atom. The second kappa shape index (κ2) is 7.41. The zero-order valence-electron chi connectivity index (χ0n) is 12.5. The van der Waals surface area contributed by atoms with E-state index in [1.165, 1.54) is 5.56 Å². The summed E-state index contributed by atoms with van der Waals surface area (Å²) < 4.78 is 0. The summed E-state index contributed by atoms with van der Waals surface area (Å²) in [5.74, 6) is 0.871. The highest BCUT2D eigenvalue weighted by Crippen LogP contribution is 2.25. The number of anilines is 2. The van der Waals surface area contributed by atoms with Crippen LogP contribution in [0.3, 0.4) is 0 Å². The molecule has 1 atom stereocenters. The molecule has 0 aliphatic carbocycles. The molecular formula is C17H20N4. The maximum absolute atomic E-state index is 8.88. The monoisotopic (exact) mass is 280 g/mol. The van der Waals surface area contributed by atoms with Crippen LogP contribution < -0.4 is 10.2 Å². The first-order valence-electron chi connectivity index (χ1n) is 7.09. The maximum Gasteiger partial charge on any atom is 0.133 e. The molecule has 0 radical (unpaired) electrons. The minimum atomic E-state index is 0.264. The third-order valence-electron chi connectivity index (χ3n) is 3.49. The lowest BCUT2D eigenvalue weighted by Gasteiger charge is -2.24. The second-order valence-electron chi connectivity index (χ2n) is 4.85. The average Bonchev–Trinajstić information content (AvgIpc) is 2.56. The predicted molar refractivity (Wildman–Crippen MR) is 85.4 cm³/mol. The third-order valence-corrected chi connectivity index (χ3v) is 3.49. The van der Waals surface area contributed by atoms with Gasteiger partial charge in [0.05, 0.1) is 12.5 Å². The van der Waals surface area contributed by atoms with Crippen LogP contribution in [0.15, 0.2) is 48.7 Å². The smallest absolute Gasteiger partial charge is 0.133 e. The molecule has 1 unspecified atom stereocenters. The molecule has 0 spiro atoms. The number of rotatable bonds is 6. The molecule has 2 rings (SSSR count). The number of para-hydroxylation sites is 1. The zero-order valence-corrected chi connectivity index (χ0v) is 12.5. The fourth-order valence-corrected chi connectivity index (χ4v) is 2.16. The van der Waals surface area contributed by atoms with Crippen molar-refractivity contribution in [3.63, 3.8) is 0 Å². The van der Waals surface area contributed by atoms with Crippen LogP contribution in [-0.2, 0) is 0 Å². The van der Waals surface area contributed by atoms with Crippen molar-refractivity contribution in [2.24, 2.45) is 0 Å². The minimum Gasteiger partial charge on any atom is -0.325 e. The third kappa shape index (κ3) is 3.80. The number of hydrogen-bond donors (Lipinski definition) is 1. The molecule has 0 saturated heterocycles. The van der Waals surface area contributed by atoms with Gasteiger partial charge in [-0.3, -0.25) is 0 Å². The normalized spacial score (nSPS) is 11.7. The second-order valence-corrected chi connectivity index (χ2v) is 4.85. The Hall–Kier alpha value is -2.38. The molecule has 4 heteroatoms. The summed E-state index contributed by atoms with van der Waals surface area (Å²) in [6.45, 7) is 2.74. The van der Waals surface area contributed by atoms with E-state index in [9.17, 15) is 0 Å². The van der Waals surface area contributed by atoms with Crippen LogP contribution in [0.2, 0.25) is 0 Å². The fraction of sp³-hybridized carbons (Fsp3) is 0.294. The summed E-state index contributed by atoms with van der Waals surface area (Å²) >= 11 is 0. The van der Waals surface area contributed by atoms with Crippen LogP contribution >= 0.6 is 0 Å². The molecule has 0 aliphatic rings. The maximum atomic E-state index is 8.88. The highest BCUT2D eigenvalue weighted by molar-refractivity contribution is 5.60. The van der Waals surface area contributed by atoms with Crippen LogP contribution in [0, 0.1) is 11.3 Å². The molecule has 0 bridgehead atoms. The van der Waals surface area contributed by atoms with E-state index >= 15 is 0 Å². The molecule has 108 valence electrons. The highest BCUT2D eigenvalue weighted by Gasteiger charge is 2.12. The van der Waals surface area contributed by atoms with E-state index in [-0.39, 0.29) is 6.04 Å². The van der Waals surface area contributed by atoms with E-state index in [1.54, 1.807) is 0 Å². The number of benzene rings is 1. The number of pyridine rings is 1. The molecule has 0 fully saturated rings. The van der Waals surface area contributed by atoms with Gasteiger partial charge in [-0.2, -0.15) is 5.26 Å². The van der Waals surface area contributed by atoms with Crippen molar-refractivity contribution in [3.8, 4) is 6.07 Å². The topological polar surface area (TPSA) is 52.0 Å². The van der Waals surface area contributed by atoms with Gasteiger partial charge in [0.25, 0.3) is 0 Å². The quantitative estimate of drug-likeness (QED) is 0.881. The van der Waals surface area contributed by atoms with Crippen LogP contribution in [0.5, 0.6) is 0 Å². The van der Waals surface area contributed by atoms with Gasteiger partial charge < -0.3 is 10.2 Å². The molecule has 1 N–H and O–H groups in total. The van der Waals surface area contributed by atoms with E-state index in [0.717, 1.165) is 11.5 Å². The first kappa shape index (κ1) is 15.0. The van der Waals surface area contributed by atoms with Gasteiger partial charge in [0, 0.05) is 24.5 Å². The van der Waals surface area contributed by atoms with Gasteiger partial charge in [0.15, 0.2) is 0 Å². The Morgan fingerprint density at radius 1 is 1.29 bits per heavy atom. The Morgan fingerprint density at radius 3 is 2.71 bits per heavy atom. The molecule has 0 saturated carbocycles. The minimum absolute atomic E-state index is 0.264. The van der Waals surface area contributed by atoms with Gasteiger partial charge in [-0.05, 0) is 43.8 Å². The highest BCUT2D eigenvalue weighted by atomic mass is 15.2. The van der Waals surface area contributed by atoms with Crippen LogP contribution in [0.1, 0.15) is 24.9 Å². The Balaban J connectivity index is 2.35. The first-order chi connectivity index (χ1) is 10.3. The van der Waals surface area contributed by atoms with E-state index in [4.69, 9.17) is 5.26 Å². The summed E-state index contributed by atoms with van der Waals surface area (Å²) in [5, 5.41) is 12.1. The number of aromatic nitrogens is 1. The zero-order chi connectivity index (χ0) is 15.1. The van der Waals surface area contributed by atoms with Crippen molar-refractivity contribution in [2.45, 2.75) is 19.4 Å². The molecular weight excluding hydrogens is 260 g/mol. The SMILES string of the molecule is CNC(C)c1ccnc(N(CCC#N)c2ccccc2)c1. The number of nitrogens with zero attached hydrogens (tertiary/aromatic N) is 3. The van der Waals surface area contributed by atoms with Gasteiger partial charge in [0.2, 0.25) is 0 Å². The van der Waals surface area contributed by atoms with Crippen molar-refractivity contribution >= 4 is 11.5 Å². The molecule has 0 amide bonds. The molecule has 2 aromatic rings. The van der Waals surface area contributed by atoms with E-state index in [2.05, 4.69) is 34.3 Å². The van der Waals surface area contributed by atoms with Crippen molar-refractivity contribution in [1.29, 1.82) is 5.26 Å². The van der Waals surface area contributed by atoms with Crippen LogP contribution in [0.25, 0.3) is 0 Å². The standard InChI is InChI=1S/C17H20N4/c1-14(19-2)15-9-11-20-17(13-15)21(12-6-10-18)16-7-4-3-5-8-16/h3-5,7-9,11,13-14,19H,6,12H2,1-2H3. The molecule has 4 nitrogen and oxygen atoms in total. The van der Waals surface area contributed by atoms with Gasteiger partial charge in [-0.1, -0.05) is 18.2 Å². The van der Waals surface area contributed by atoms with E-state index in [1.807, 2.05) is 49.6 Å². The number of nitrogens with one attached hydrogen (secondary N) is 1. The Labute approximate surface area is 126 Å². The summed E-state index contributed by atoms with van der Waals surface area (Å²) in [7, 11) is 1.94. The summed E-state index contributed by atoms with van der Waals surface area (Å²) in [4.78, 5) is 6.55. The lowest BCUT2D eigenvalue weighted by Crippen LogP contribution is -2.20. The van der Waals surface area contributed by atoms with Crippen molar-refractivity contribution in [3.05, 3.63) is 54.2 Å². The van der Waals surface area contributed by atoms with E-state index < -0.39 is 0 Å².